The number of anilines is 1. The van der Waals surface area contributed by atoms with Crippen LogP contribution >= 0.6 is 0 Å². The van der Waals surface area contributed by atoms with Crippen molar-refractivity contribution in [3.05, 3.63) is 84.5 Å². The predicted molar refractivity (Wildman–Crippen MR) is 183 cm³/mol. The maximum absolute atomic E-state index is 13.0. The third kappa shape index (κ3) is 18.5. The van der Waals surface area contributed by atoms with Crippen molar-refractivity contribution in [2.45, 2.75) is 104 Å². The fourth-order valence-corrected chi connectivity index (χ4v) is 4.32. The smallest absolute Gasteiger partial charge is 0.339 e. The minimum absolute atomic E-state index is 0.118. The summed E-state index contributed by atoms with van der Waals surface area (Å²) < 4.78 is 5.86. The fourth-order valence-electron chi connectivity index (χ4n) is 4.32. The van der Waals surface area contributed by atoms with Gasteiger partial charge in [-0.15, -0.1) is 0 Å². The molecule has 0 aliphatic rings. The molecule has 45 heavy (non-hydrogen) atoms. The Hall–Kier alpha value is -3.91. The third-order valence-corrected chi connectivity index (χ3v) is 6.74. The molecule has 1 aromatic rings. The second-order valence-corrected chi connectivity index (χ2v) is 11.2. The van der Waals surface area contributed by atoms with Crippen molar-refractivity contribution in [2.75, 3.05) is 11.9 Å². The highest BCUT2D eigenvalue weighted by molar-refractivity contribution is 5.99. The van der Waals surface area contributed by atoms with E-state index in [0.29, 0.717) is 19.4 Å². The summed E-state index contributed by atoms with van der Waals surface area (Å²) in [5, 5.41) is 24.4. The molecule has 0 saturated heterocycles. The lowest BCUT2D eigenvalue weighted by Gasteiger charge is -2.23. The highest BCUT2D eigenvalue weighted by Crippen LogP contribution is 2.22. The summed E-state index contributed by atoms with van der Waals surface area (Å²) in [5.41, 5.74) is -0.105. The van der Waals surface area contributed by atoms with Gasteiger partial charge < -0.3 is 25.6 Å². The van der Waals surface area contributed by atoms with Gasteiger partial charge in [-0.05, 0) is 88.3 Å². The van der Waals surface area contributed by atoms with Crippen molar-refractivity contribution in [1.82, 2.24) is 5.32 Å². The first-order valence-electron chi connectivity index (χ1n) is 16.2. The summed E-state index contributed by atoms with van der Waals surface area (Å²) >= 11 is 0. The normalized spacial score (nSPS) is 13.5. The Morgan fingerprint density at radius 2 is 1.40 bits per heavy atom. The molecule has 1 unspecified atom stereocenters. The molecule has 0 aliphatic heterocycles. The number of carboxylic acid groups (broad SMARTS) is 1. The Bertz CT molecular complexity index is 1170. The number of benzene rings is 1. The summed E-state index contributed by atoms with van der Waals surface area (Å²) in [6.07, 6.45) is 29.6. The number of allylic oxidation sites excluding steroid dienone is 10. The first kappa shape index (κ1) is 39.1. The second kappa shape index (κ2) is 24.4. The van der Waals surface area contributed by atoms with Crippen LogP contribution in [0.4, 0.5) is 5.69 Å². The standard InChI is InChI=1S/C37H54N2O6/c1-5-7-8-9-10-11-12-13-14-15-16-17-18-19-20-21-22-23-26-45-34(6-2)36(42)39-32(27-29(3)4)35(41)38-30-24-25-33(40)31(28-30)37(43)44/h7-8,10-11,13-14,16-17,19-20,24-25,28-29,32,34,40H,5-6,9,12,15,18,21-23,26-27H2,1-4H3,(H,38,41)(H,39,42)(H,43,44)/b8-7-,11-10-,14-13-,17-16-,20-19-/t32?,34-/m0/s1. The largest absolute Gasteiger partial charge is 0.507 e. The van der Waals surface area contributed by atoms with Crippen molar-refractivity contribution in [3.63, 3.8) is 0 Å². The Morgan fingerprint density at radius 1 is 0.822 bits per heavy atom. The van der Waals surface area contributed by atoms with Crippen LogP contribution in [0.2, 0.25) is 0 Å². The molecule has 0 aromatic heterocycles. The molecule has 2 amide bonds. The molecule has 0 saturated carbocycles. The van der Waals surface area contributed by atoms with E-state index in [0.717, 1.165) is 51.4 Å². The molecule has 0 spiro atoms. The molecule has 0 bridgehead atoms. The van der Waals surface area contributed by atoms with Gasteiger partial charge in [0.1, 0.15) is 23.5 Å². The van der Waals surface area contributed by atoms with Crippen LogP contribution in [0.5, 0.6) is 5.75 Å². The van der Waals surface area contributed by atoms with Crippen molar-refractivity contribution >= 4 is 23.5 Å². The number of unbranched alkanes of at least 4 members (excludes halogenated alkanes) is 2. The van der Waals surface area contributed by atoms with Gasteiger partial charge in [-0.3, -0.25) is 9.59 Å². The van der Waals surface area contributed by atoms with E-state index in [2.05, 4.69) is 78.3 Å². The van der Waals surface area contributed by atoms with Gasteiger partial charge in [0.15, 0.2) is 0 Å². The van der Waals surface area contributed by atoms with Gasteiger partial charge in [-0.25, -0.2) is 4.79 Å². The fraction of sp³-hybridized carbons (Fsp3) is 0.486. The van der Waals surface area contributed by atoms with Crippen LogP contribution in [0.25, 0.3) is 0 Å². The highest BCUT2D eigenvalue weighted by atomic mass is 16.5. The van der Waals surface area contributed by atoms with E-state index in [1.807, 2.05) is 20.8 Å². The minimum Gasteiger partial charge on any atom is -0.507 e. The zero-order chi connectivity index (χ0) is 33.3. The Kier molecular flexibility index (Phi) is 21.2. The third-order valence-electron chi connectivity index (χ3n) is 6.74. The number of rotatable bonds is 23. The molecule has 0 fully saturated rings. The van der Waals surface area contributed by atoms with Crippen molar-refractivity contribution in [2.24, 2.45) is 5.92 Å². The van der Waals surface area contributed by atoms with Gasteiger partial charge in [-0.2, -0.15) is 0 Å². The molecule has 2 atom stereocenters. The first-order chi connectivity index (χ1) is 21.7. The molecular weight excluding hydrogens is 568 g/mol. The number of phenols is 1. The van der Waals surface area contributed by atoms with E-state index < -0.39 is 29.8 Å². The average Bonchev–Trinajstić information content (AvgIpc) is 3.00. The summed E-state index contributed by atoms with van der Waals surface area (Å²) in [6.45, 7) is 8.34. The number of ether oxygens (including phenoxy) is 1. The van der Waals surface area contributed by atoms with E-state index in [1.54, 1.807) is 0 Å². The maximum Gasteiger partial charge on any atom is 0.339 e. The van der Waals surface area contributed by atoms with E-state index in [4.69, 9.17) is 4.74 Å². The zero-order valence-electron chi connectivity index (χ0n) is 27.5. The molecule has 0 aliphatic carbocycles. The predicted octanol–water partition coefficient (Wildman–Crippen LogP) is 8.28. The molecular formula is C37H54N2O6. The van der Waals surface area contributed by atoms with Gasteiger partial charge in [-0.1, -0.05) is 88.5 Å². The van der Waals surface area contributed by atoms with Crippen LogP contribution in [-0.2, 0) is 14.3 Å². The number of carbonyl (C=O) groups is 3. The Labute approximate surface area is 270 Å². The molecule has 248 valence electrons. The zero-order valence-corrected chi connectivity index (χ0v) is 27.5. The first-order valence-corrected chi connectivity index (χ1v) is 16.2. The van der Waals surface area contributed by atoms with E-state index in [1.165, 1.54) is 18.2 Å². The van der Waals surface area contributed by atoms with Crippen LogP contribution in [0.15, 0.2) is 79.0 Å². The van der Waals surface area contributed by atoms with Gasteiger partial charge in [0, 0.05) is 12.3 Å². The second-order valence-electron chi connectivity index (χ2n) is 11.2. The highest BCUT2D eigenvalue weighted by Gasteiger charge is 2.26. The van der Waals surface area contributed by atoms with Crippen LogP contribution in [0, 0.1) is 5.92 Å². The monoisotopic (exact) mass is 622 g/mol. The molecule has 8 nitrogen and oxygen atoms in total. The Balaban J connectivity index is 2.37. The van der Waals surface area contributed by atoms with Crippen LogP contribution in [0.3, 0.4) is 0 Å². The number of amides is 2. The SMILES string of the molecule is CC/C=C\C/C=C\C/C=C\C/C=C\C/C=C\CCCCO[C@@H](CC)C(=O)NC(CC(C)C)C(=O)Nc1ccc(O)c(C(=O)O)c1. The average molecular weight is 623 g/mol. The van der Waals surface area contributed by atoms with Crippen LogP contribution < -0.4 is 10.6 Å². The molecule has 1 aromatic carbocycles. The topological polar surface area (TPSA) is 125 Å². The van der Waals surface area contributed by atoms with Gasteiger partial charge >= 0.3 is 5.97 Å². The number of carbonyl (C=O) groups excluding carboxylic acids is 2. The summed E-state index contributed by atoms with van der Waals surface area (Å²) in [4.78, 5) is 37.3. The van der Waals surface area contributed by atoms with Crippen molar-refractivity contribution < 1.29 is 29.3 Å². The summed E-state index contributed by atoms with van der Waals surface area (Å²) in [7, 11) is 0. The number of aromatic carboxylic acids is 1. The summed E-state index contributed by atoms with van der Waals surface area (Å²) in [6, 6.07) is 2.97. The van der Waals surface area contributed by atoms with Gasteiger partial charge in [0.05, 0.1) is 0 Å². The molecule has 4 N–H and O–H groups in total. The number of carboxylic acids is 1. The van der Waals surface area contributed by atoms with E-state index in [9.17, 15) is 24.6 Å². The van der Waals surface area contributed by atoms with Crippen molar-refractivity contribution in [1.29, 1.82) is 0 Å². The minimum atomic E-state index is -1.31. The molecule has 0 radical (unpaired) electrons. The van der Waals surface area contributed by atoms with E-state index >= 15 is 0 Å². The lowest BCUT2D eigenvalue weighted by Crippen LogP contribution is -2.48. The van der Waals surface area contributed by atoms with Gasteiger partial charge in [0.25, 0.3) is 0 Å². The van der Waals surface area contributed by atoms with Crippen LogP contribution in [-0.4, -0.2) is 46.7 Å². The molecule has 1 rings (SSSR count). The lowest BCUT2D eigenvalue weighted by molar-refractivity contribution is -0.136. The molecule has 0 heterocycles. The van der Waals surface area contributed by atoms with Crippen LogP contribution in [0.1, 0.15) is 102 Å². The Morgan fingerprint density at radius 3 is 1.93 bits per heavy atom. The van der Waals surface area contributed by atoms with Crippen molar-refractivity contribution in [3.8, 4) is 5.75 Å². The number of aromatic hydroxyl groups is 1. The lowest BCUT2D eigenvalue weighted by atomic mass is 10.0. The maximum atomic E-state index is 13.0. The van der Waals surface area contributed by atoms with E-state index in [-0.39, 0.29) is 23.1 Å². The number of nitrogens with one attached hydrogen (secondary N) is 2. The van der Waals surface area contributed by atoms with Gasteiger partial charge in [0.2, 0.25) is 11.8 Å². The molecule has 8 heteroatoms. The number of hydrogen-bond donors (Lipinski definition) is 4. The number of hydrogen-bond acceptors (Lipinski definition) is 5. The quantitative estimate of drug-likeness (QED) is 0.0553. The summed E-state index contributed by atoms with van der Waals surface area (Å²) in [5.74, 6) is -2.41.